The second-order valence-electron chi connectivity index (χ2n) is 4.94. The summed E-state index contributed by atoms with van der Waals surface area (Å²) in [7, 11) is 0. The first-order valence-corrected chi connectivity index (χ1v) is 6.65. The lowest BCUT2D eigenvalue weighted by Crippen LogP contribution is -2.24. The highest BCUT2D eigenvalue weighted by Gasteiger charge is 2.24. The van der Waals surface area contributed by atoms with E-state index in [1.165, 1.54) is 6.07 Å². The fourth-order valence-electron chi connectivity index (χ4n) is 2.43. The minimum absolute atomic E-state index is 0.129. The maximum Gasteiger partial charge on any atom is 0.303 e. The molecule has 0 aliphatic carbocycles. The van der Waals surface area contributed by atoms with E-state index < -0.39 is 5.97 Å². The molecular formula is C13H19N3O3. The number of nitrogens with one attached hydrogen (secondary N) is 1. The van der Waals surface area contributed by atoms with Crippen molar-refractivity contribution in [3.8, 4) is 0 Å². The van der Waals surface area contributed by atoms with E-state index in [-0.39, 0.29) is 12.0 Å². The zero-order valence-electron chi connectivity index (χ0n) is 11.1. The summed E-state index contributed by atoms with van der Waals surface area (Å²) in [5, 5.41) is 8.69. The summed E-state index contributed by atoms with van der Waals surface area (Å²) in [6.07, 6.45) is 2.56. The van der Waals surface area contributed by atoms with Crippen LogP contribution in [0, 0.1) is 5.92 Å². The monoisotopic (exact) mass is 265 g/mol. The maximum atomic E-state index is 11.5. The molecule has 1 aromatic rings. The number of anilines is 1. The molecule has 2 heterocycles. The SMILES string of the molecule is CCc1nc(N2CCC(CCC(=O)O)C2)cc(=O)[nH]1. The Bertz CT molecular complexity index is 512. The predicted molar refractivity (Wildman–Crippen MR) is 71.4 cm³/mol. The van der Waals surface area contributed by atoms with Crippen LogP contribution >= 0.6 is 0 Å². The van der Waals surface area contributed by atoms with Crippen LogP contribution in [0.15, 0.2) is 10.9 Å². The van der Waals surface area contributed by atoms with Gasteiger partial charge in [-0.1, -0.05) is 6.92 Å². The van der Waals surface area contributed by atoms with Gasteiger partial charge in [0.1, 0.15) is 11.6 Å². The van der Waals surface area contributed by atoms with Crippen LogP contribution in [0.5, 0.6) is 0 Å². The zero-order valence-corrected chi connectivity index (χ0v) is 11.1. The van der Waals surface area contributed by atoms with Crippen LogP contribution in [0.25, 0.3) is 0 Å². The summed E-state index contributed by atoms with van der Waals surface area (Å²) in [4.78, 5) is 31.3. The van der Waals surface area contributed by atoms with Gasteiger partial charge in [0, 0.05) is 32.0 Å². The van der Waals surface area contributed by atoms with Gasteiger partial charge >= 0.3 is 5.97 Å². The largest absolute Gasteiger partial charge is 0.481 e. The quantitative estimate of drug-likeness (QED) is 0.830. The van der Waals surface area contributed by atoms with Crippen LogP contribution in [0.3, 0.4) is 0 Å². The van der Waals surface area contributed by atoms with E-state index in [1.54, 1.807) is 0 Å². The van der Waals surface area contributed by atoms with Crippen molar-refractivity contribution in [3.05, 3.63) is 22.2 Å². The molecule has 6 heteroatoms. The molecule has 1 aliphatic heterocycles. The Labute approximate surface area is 111 Å². The molecule has 0 amide bonds. The number of aryl methyl sites for hydroxylation is 1. The second kappa shape index (κ2) is 5.86. The molecule has 2 N–H and O–H groups in total. The van der Waals surface area contributed by atoms with Crippen molar-refractivity contribution in [1.29, 1.82) is 0 Å². The Morgan fingerprint density at radius 3 is 3.11 bits per heavy atom. The fraction of sp³-hybridized carbons (Fsp3) is 0.615. The highest BCUT2D eigenvalue weighted by atomic mass is 16.4. The molecule has 0 aromatic carbocycles. The lowest BCUT2D eigenvalue weighted by atomic mass is 10.0. The molecule has 6 nitrogen and oxygen atoms in total. The summed E-state index contributed by atoms with van der Waals surface area (Å²) in [6, 6.07) is 1.51. The Balaban J connectivity index is 2.02. The van der Waals surface area contributed by atoms with Crippen LogP contribution in [-0.4, -0.2) is 34.1 Å². The third kappa shape index (κ3) is 3.56. The highest BCUT2D eigenvalue weighted by molar-refractivity contribution is 5.66. The number of carboxylic acids is 1. The smallest absolute Gasteiger partial charge is 0.303 e. The molecule has 0 radical (unpaired) electrons. The molecule has 0 bridgehead atoms. The van der Waals surface area contributed by atoms with Gasteiger partial charge in [0.05, 0.1) is 0 Å². The molecule has 1 aliphatic rings. The van der Waals surface area contributed by atoms with Crippen LogP contribution in [0.4, 0.5) is 5.82 Å². The van der Waals surface area contributed by atoms with Gasteiger partial charge < -0.3 is 15.0 Å². The number of carbonyl (C=O) groups is 1. The summed E-state index contributed by atoms with van der Waals surface area (Å²) in [5.41, 5.74) is -0.129. The number of H-pyrrole nitrogens is 1. The summed E-state index contributed by atoms with van der Waals surface area (Å²) < 4.78 is 0. The third-order valence-electron chi connectivity index (χ3n) is 3.49. The van der Waals surface area contributed by atoms with Gasteiger partial charge in [0.15, 0.2) is 0 Å². The Hall–Kier alpha value is -1.85. The molecule has 1 aromatic heterocycles. The molecule has 104 valence electrons. The molecule has 19 heavy (non-hydrogen) atoms. The van der Waals surface area contributed by atoms with E-state index in [2.05, 4.69) is 14.9 Å². The first-order valence-electron chi connectivity index (χ1n) is 6.65. The second-order valence-corrected chi connectivity index (χ2v) is 4.94. The van der Waals surface area contributed by atoms with Gasteiger partial charge in [-0.15, -0.1) is 0 Å². The van der Waals surface area contributed by atoms with E-state index in [4.69, 9.17) is 5.11 Å². The molecule has 0 saturated carbocycles. The third-order valence-corrected chi connectivity index (χ3v) is 3.49. The summed E-state index contributed by atoms with van der Waals surface area (Å²) in [6.45, 7) is 3.57. The molecule has 1 unspecified atom stereocenters. The highest BCUT2D eigenvalue weighted by Crippen LogP contribution is 2.24. The van der Waals surface area contributed by atoms with Gasteiger partial charge in [-0.25, -0.2) is 4.98 Å². The number of aromatic amines is 1. The molecule has 1 saturated heterocycles. The number of nitrogens with zero attached hydrogens (tertiary/aromatic N) is 2. The van der Waals surface area contributed by atoms with Gasteiger partial charge in [-0.3, -0.25) is 9.59 Å². The summed E-state index contributed by atoms with van der Waals surface area (Å²) >= 11 is 0. The van der Waals surface area contributed by atoms with Crippen molar-refractivity contribution < 1.29 is 9.90 Å². The predicted octanol–water partition coefficient (Wildman–Crippen LogP) is 1.02. The maximum absolute atomic E-state index is 11.5. The topological polar surface area (TPSA) is 86.3 Å². The van der Waals surface area contributed by atoms with Gasteiger partial charge in [-0.05, 0) is 18.8 Å². The van der Waals surface area contributed by atoms with Crippen LogP contribution in [-0.2, 0) is 11.2 Å². The van der Waals surface area contributed by atoms with Crippen LogP contribution in [0.2, 0.25) is 0 Å². The van der Waals surface area contributed by atoms with E-state index in [0.717, 1.165) is 19.5 Å². The van der Waals surface area contributed by atoms with E-state index in [0.29, 0.717) is 30.4 Å². The number of carboxylic acid groups (broad SMARTS) is 1. The first kappa shape index (κ1) is 13.6. The van der Waals surface area contributed by atoms with Crippen molar-refractivity contribution in [2.45, 2.75) is 32.6 Å². The number of hydrogen-bond acceptors (Lipinski definition) is 4. The Morgan fingerprint density at radius 1 is 1.63 bits per heavy atom. The lowest BCUT2D eigenvalue weighted by Gasteiger charge is -2.17. The van der Waals surface area contributed by atoms with Crippen LogP contribution in [0.1, 0.15) is 32.0 Å². The van der Waals surface area contributed by atoms with Crippen molar-refractivity contribution in [3.63, 3.8) is 0 Å². The van der Waals surface area contributed by atoms with E-state index in [1.807, 2.05) is 6.92 Å². The van der Waals surface area contributed by atoms with Gasteiger partial charge in [0.2, 0.25) is 0 Å². The van der Waals surface area contributed by atoms with Crippen molar-refractivity contribution in [2.24, 2.45) is 5.92 Å². The lowest BCUT2D eigenvalue weighted by molar-refractivity contribution is -0.137. The number of aliphatic carboxylic acids is 1. The van der Waals surface area contributed by atoms with Crippen molar-refractivity contribution >= 4 is 11.8 Å². The fourth-order valence-corrected chi connectivity index (χ4v) is 2.43. The Kier molecular flexibility index (Phi) is 4.19. The number of hydrogen-bond donors (Lipinski definition) is 2. The number of rotatable bonds is 5. The normalized spacial score (nSPS) is 18.8. The summed E-state index contributed by atoms with van der Waals surface area (Å²) in [5.74, 6) is 1.03. The minimum atomic E-state index is -0.749. The van der Waals surface area contributed by atoms with Gasteiger partial charge in [0.25, 0.3) is 5.56 Å². The van der Waals surface area contributed by atoms with Crippen molar-refractivity contribution in [1.82, 2.24) is 9.97 Å². The van der Waals surface area contributed by atoms with E-state index in [9.17, 15) is 9.59 Å². The molecule has 1 fully saturated rings. The number of aromatic nitrogens is 2. The molecule has 1 atom stereocenters. The Morgan fingerprint density at radius 2 is 2.42 bits per heavy atom. The first-order chi connectivity index (χ1) is 9.08. The van der Waals surface area contributed by atoms with Gasteiger partial charge in [-0.2, -0.15) is 0 Å². The zero-order chi connectivity index (χ0) is 13.8. The average Bonchev–Trinajstić information content (AvgIpc) is 2.84. The van der Waals surface area contributed by atoms with Crippen LogP contribution < -0.4 is 10.5 Å². The molecular weight excluding hydrogens is 246 g/mol. The average molecular weight is 265 g/mol. The standard InChI is InChI=1S/C13H19N3O3/c1-2-10-14-11(7-12(17)15-10)16-6-5-9(8-16)3-4-13(18)19/h7,9H,2-6,8H2,1H3,(H,18,19)(H,14,15,17). The molecule has 0 spiro atoms. The molecule has 2 rings (SSSR count). The minimum Gasteiger partial charge on any atom is -0.481 e. The van der Waals surface area contributed by atoms with E-state index >= 15 is 0 Å². The van der Waals surface area contributed by atoms with Crippen molar-refractivity contribution in [2.75, 3.05) is 18.0 Å².